The van der Waals surface area contributed by atoms with Crippen molar-refractivity contribution >= 4 is 5.97 Å². The van der Waals surface area contributed by atoms with E-state index in [2.05, 4.69) is 26.5 Å². The Hall–Kier alpha value is -1.39. The second-order valence-corrected chi connectivity index (χ2v) is 9.29. The van der Waals surface area contributed by atoms with E-state index in [1.54, 1.807) is 0 Å². The molecule has 0 bridgehead atoms. The Morgan fingerprint density at radius 2 is 1.83 bits per heavy atom. The molecule has 1 fully saturated rings. The molecule has 0 aromatic carbocycles. The maximum absolute atomic E-state index is 11.8. The Labute approximate surface area is 178 Å². The summed E-state index contributed by atoms with van der Waals surface area (Å²) in [5.74, 6) is -0.162. The molecule has 0 radical (unpaired) electrons. The molecule has 1 heterocycles. The summed E-state index contributed by atoms with van der Waals surface area (Å²) >= 11 is 0. The molecule has 0 aromatic rings. The van der Waals surface area contributed by atoms with E-state index in [4.69, 9.17) is 14.2 Å². The van der Waals surface area contributed by atoms with Crippen molar-refractivity contribution in [2.75, 3.05) is 13.2 Å². The van der Waals surface area contributed by atoms with Crippen molar-refractivity contribution in [1.29, 1.82) is 0 Å². The second-order valence-electron chi connectivity index (χ2n) is 9.29. The third kappa shape index (κ3) is 11.4. The van der Waals surface area contributed by atoms with Crippen molar-refractivity contribution < 1.29 is 19.0 Å². The average molecular weight is 407 g/mol. The van der Waals surface area contributed by atoms with E-state index in [9.17, 15) is 4.79 Å². The highest BCUT2D eigenvalue weighted by molar-refractivity contribution is 5.75. The minimum atomic E-state index is -0.448. The van der Waals surface area contributed by atoms with Crippen LogP contribution in [0.5, 0.6) is 0 Å². The highest BCUT2D eigenvalue weighted by Gasteiger charge is 2.22. The van der Waals surface area contributed by atoms with Gasteiger partial charge in [0, 0.05) is 6.61 Å². The zero-order chi connectivity index (χ0) is 21.9. The normalized spacial score (nSPS) is 19.7. The number of carbonyl (C=O) groups is 1. The summed E-state index contributed by atoms with van der Waals surface area (Å²) in [7, 11) is 0. The van der Waals surface area contributed by atoms with E-state index in [-0.39, 0.29) is 18.4 Å². The third-order valence-electron chi connectivity index (χ3n) is 5.09. The monoisotopic (exact) mass is 406 g/mol. The minimum absolute atomic E-state index is 0.0561. The molecule has 0 saturated carbocycles. The van der Waals surface area contributed by atoms with E-state index >= 15 is 0 Å². The van der Waals surface area contributed by atoms with Gasteiger partial charge in [-0.1, -0.05) is 29.4 Å². The van der Waals surface area contributed by atoms with Crippen LogP contribution < -0.4 is 0 Å². The summed E-state index contributed by atoms with van der Waals surface area (Å²) in [5.41, 5.74) is 3.23. The Morgan fingerprint density at radius 3 is 2.41 bits per heavy atom. The zero-order valence-corrected chi connectivity index (χ0v) is 19.5. The predicted octanol–water partition coefficient (Wildman–Crippen LogP) is 6.52. The molecule has 29 heavy (non-hydrogen) atoms. The van der Waals surface area contributed by atoms with Gasteiger partial charge in [0.1, 0.15) is 6.61 Å². The maximum Gasteiger partial charge on any atom is 0.311 e. The van der Waals surface area contributed by atoms with Crippen LogP contribution in [-0.4, -0.2) is 31.6 Å². The summed E-state index contributed by atoms with van der Waals surface area (Å²) in [6, 6.07) is 0. The van der Waals surface area contributed by atoms with Gasteiger partial charge in [0.15, 0.2) is 6.29 Å². The van der Waals surface area contributed by atoms with Gasteiger partial charge >= 0.3 is 5.97 Å². The first-order chi connectivity index (χ1) is 13.6. The summed E-state index contributed by atoms with van der Waals surface area (Å²) in [4.78, 5) is 11.8. The molecule has 0 aromatic heterocycles. The highest BCUT2D eigenvalue weighted by atomic mass is 16.7. The fourth-order valence-corrected chi connectivity index (χ4v) is 3.02. The topological polar surface area (TPSA) is 44.8 Å². The summed E-state index contributed by atoms with van der Waals surface area (Å²) < 4.78 is 17.1. The molecule has 0 N–H and O–H groups in total. The third-order valence-corrected chi connectivity index (χ3v) is 5.09. The van der Waals surface area contributed by atoms with Crippen LogP contribution in [0.1, 0.15) is 86.5 Å². The second kappa shape index (κ2) is 13.0. The van der Waals surface area contributed by atoms with Crippen LogP contribution in [-0.2, 0) is 19.0 Å². The molecule has 1 rings (SSSR count). The van der Waals surface area contributed by atoms with Crippen LogP contribution in [0, 0.1) is 5.41 Å². The fourth-order valence-electron chi connectivity index (χ4n) is 3.02. The molecule has 166 valence electrons. The van der Waals surface area contributed by atoms with E-state index in [1.165, 1.54) is 17.6 Å². The first-order valence-corrected chi connectivity index (χ1v) is 11.0. The van der Waals surface area contributed by atoms with Crippen LogP contribution in [0.3, 0.4) is 0 Å². The standard InChI is InChI=1S/C25H42O4/c1-19(2)22(29-23-13-8-9-17-27-23)15-14-20(3)11-10-12-21(4)16-18-28-24(26)25(5,6)7/h11,16,22-23H,1,8-10,12-15,17-18H2,2-7H3/b20-11+,21-16+. The molecule has 1 saturated heterocycles. The average Bonchev–Trinajstić information content (AvgIpc) is 2.64. The Balaban J connectivity index is 2.33. The summed E-state index contributed by atoms with van der Waals surface area (Å²) in [6.45, 7) is 17.1. The number of carbonyl (C=O) groups excluding carboxylic acids is 1. The molecule has 1 aliphatic rings. The molecule has 0 aliphatic carbocycles. The smallest absolute Gasteiger partial charge is 0.311 e. The van der Waals surface area contributed by atoms with Crippen molar-refractivity contribution in [3.63, 3.8) is 0 Å². The van der Waals surface area contributed by atoms with E-state index < -0.39 is 5.41 Å². The molecule has 4 nitrogen and oxygen atoms in total. The number of ether oxygens (including phenoxy) is 3. The number of hydrogen-bond donors (Lipinski definition) is 0. The van der Waals surface area contributed by atoms with Gasteiger partial charge in [-0.15, -0.1) is 0 Å². The highest BCUT2D eigenvalue weighted by Crippen LogP contribution is 2.22. The molecule has 4 heteroatoms. The lowest BCUT2D eigenvalue weighted by molar-refractivity contribution is -0.181. The van der Waals surface area contributed by atoms with Gasteiger partial charge in [-0.3, -0.25) is 4.79 Å². The largest absolute Gasteiger partial charge is 0.461 e. The molecule has 0 amide bonds. The van der Waals surface area contributed by atoms with Crippen LogP contribution >= 0.6 is 0 Å². The van der Waals surface area contributed by atoms with Crippen LogP contribution in [0.15, 0.2) is 35.5 Å². The van der Waals surface area contributed by atoms with Gasteiger partial charge in [0.25, 0.3) is 0 Å². The zero-order valence-electron chi connectivity index (χ0n) is 19.5. The van der Waals surface area contributed by atoms with Crippen LogP contribution in [0.2, 0.25) is 0 Å². The Bertz CT molecular complexity index is 574. The number of esters is 1. The lowest BCUT2D eigenvalue weighted by Gasteiger charge is -2.28. The minimum Gasteiger partial charge on any atom is -0.461 e. The molecule has 2 unspecified atom stereocenters. The van der Waals surface area contributed by atoms with E-state index in [0.29, 0.717) is 6.61 Å². The molecule has 2 atom stereocenters. The van der Waals surface area contributed by atoms with Crippen molar-refractivity contribution in [3.05, 3.63) is 35.5 Å². The lowest BCUT2D eigenvalue weighted by Crippen LogP contribution is -2.28. The van der Waals surface area contributed by atoms with Crippen molar-refractivity contribution in [1.82, 2.24) is 0 Å². The SMILES string of the molecule is C=C(C)C(CC/C(C)=C/CC/C(C)=C/COC(=O)C(C)(C)C)OC1CCCCO1. The lowest BCUT2D eigenvalue weighted by atomic mass is 9.97. The number of allylic oxidation sites excluding steroid dienone is 3. The maximum atomic E-state index is 11.8. The Morgan fingerprint density at radius 1 is 1.14 bits per heavy atom. The summed E-state index contributed by atoms with van der Waals surface area (Å²) in [5, 5.41) is 0. The van der Waals surface area contributed by atoms with Gasteiger partial charge in [-0.2, -0.15) is 0 Å². The first-order valence-electron chi connectivity index (χ1n) is 11.0. The van der Waals surface area contributed by atoms with Crippen molar-refractivity contribution in [2.45, 2.75) is 98.9 Å². The molecule has 1 aliphatic heterocycles. The van der Waals surface area contributed by atoms with Gasteiger partial charge in [0.05, 0.1) is 11.5 Å². The number of rotatable bonds is 11. The van der Waals surface area contributed by atoms with Crippen LogP contribution in [0.4, 0.5) is 0 Å². The van der Waals surface area contributed by atoms with Crippen molar-refractivity contribution in [2.24, 2.45) is 5.41 Å². The molecule has 0 spiro atoms. The fraction of sp³-hybridized carbons (Fsp3) is 0.720. The van der Waals surface area contributed by atoms with Crippen molar-refractivity contribution in [3.8, 4) is 0 Å². The van der Waals surface area contributed by atoms with E-state index in [1.807, 2.05) is 33.8 Å². The molecular formula is C25H42O4. The van der Waals surface area contributed by atoms with E-state index in [0.717, 1.165) is 50.7 Å². The van der Waals surface area contributed by atoms with Gasteiger partial charge in [-0.05, 0) is 92.6 Å². The molecular weight excluding hydrogens is 364 g/mol. The van der Waals surface area contributed by atoms with Gasteiger partial charge in [-0.25, -0.2) is 0 Å². The summed E-state index contributed by atoms with van der Waals surface area (Å²) in [6.07, 6.45) is 11.5. The Kier molecular flexibility index (Phi) is 11.5. The van der Waals surface area contributed by atoms with Crippen LogP contribution in [0.25, 0.3) is 0 Å². The van der Waals surface area contributed by atoms with Gasteiger partial charge < -0.3 is 14.2 Å². The predicted molar refractivity (Wildman–Crippen MR) is 120 cm³/mol. The number of hydrogen-bond acceptors (Lipinski definition) is 4. The quantitative estimate of drug-likeness (QED) is 0.289. The van der Waals surface area contributed by atoms with Gasteiger partial charge in [0.2, 0.25) is 0 Å². The first kappa shape index (κ1) is 25.6.